The second kappa shape index (κ2) is 9.12. The molecule has 2 aromatic heterocycles. The average molecular weight is 479 g/mol. The number of nitrogens with zero attached hydrogens (tertiary/aromatic N) is 3. The van der Waals surface area contributed by atoms with Gasteiger partial charge in [-0.1, -0.05) is 0 Å². The minimum Gasteiger partial charge on any atom is -0.487 e. The van der Waals surface area contributed by atoms with Crippen molar-refractivity contribution >= 4 is 21.8 Å². The maximum atomic E-state index is 13.8. The van der Waals surface area contributed by atoms with Crippen LogP contribution in [0.1, 0.15) is 27.4 Å². The average Bonchev–Trinajstić information content (AvgIpc) is 2.73. The summed E-state index contributed by atoms with van der Waals surface area (Å²) in [5.41, 5.74) is 1.03. The van der Waals surface area contributed by atoms with E-state index in [1.165, 1.54) is 30.1 Å². The summed E-state index contributed by atoms with van der Waals surface area (Å²) in [7, 11) is 1.49. The number of rotatable bonds is 6. The van der Waals surface area contributed by atoms with Gasteiger partial charge in [-0.15, -0.1) is 0 Å². The molecule has 3 aromatic rings. The van der Waals surface area contributed by atoms with E-state index < -0.39 is 11.6 Å². The fraction of sp³-hybridized carbons (Fsp3) is 0.200. The molecule has 0 spiro atoms. The number of pyridine rings is 1. The van der Waals surface area contributed by atoms with Gasteiger partial charge in [-0.05, 0) is 35.0 Å². The maximum Gasteiger partial charge on any atom is 0.271 e. The van der Waals surface area contributed by atoms with Gasteiger partial charge in [-0.2, -0.15) is 0 Å². The first-order valence-electron chi connectivity index (χ1n) is 8.79. The molecule has 0 aliphatic carbocycles. The summed E-state index contributed by atoms with van der Waals surface area (Å²) in [5.74, 6) is -1.53. The molecule has 0 aliphatic rings. The largest absolute Gasteiger partial charge is 0.487 e. The molecule has 1 amide bonds. The topological polar surface area (TPSA) is 86.1 Å². The highest BCUT2D eigenvalue weighted by Crippen LogP contribution is 2.24. The molecule has 0 fully saturated rings. The standard InChI is InChI=1S/C20H17BrF2N4O3/c1-11-5-17(30-10-12-3-4-13(22)6-15(12)23)18(21)20(29)27(11)9-14-7-26-16(8-25-14)19(28)24-2/h3-8H,9-10H2,1-2H3,(H,24,28). The van der Waals surface area contributed by atoms with Crippen LogP contribution < -0.4 is 15.6 Å². The summed E-state index contributed by atoms with van der Waals surface area (Å²) in [5, 5.41) is 2.45. The molecule has 0 atom stereocenters. The van der Waals surface area contributed by atoms with Crippen molar-refractivity contribution in [1.29, 1.82) is 0 Å². The van der Waals surface area contributed by atoms with E-state index in [1.807, 2.05) is 0 Å². The summed E-state index contributed by atoms with van der Waals surface area (Å²) in [6, 6.07) is 4.82. The number of carbonyl (C=O) groups is 1. The Morgan fingerprint density at radius 2 is 2.00 bits per heavy atom. The second-order valence-corrected chi connectivity index (χ2v) is 7.14. The van der Waals surface area contributed by atoms with Crippen LogP contribution in [-0.2, 0) is 13.2 Å². The van der Waals surface area contributed by atoms with Crippen LogP contribution in [0.3, 0.4) is 0 Å². The van der Waals surface area contributed by atoms with Gasteiger partial charge >= 0.3 is 0 Å². The van der Waals surface area contributed by atoms with Gasteiger partial charge < -0.3 is 14.6 Å². The van der Waals surface area contributed by atoms with E-state index in [9.17, 15) is 18.4 Å². The highest BCUT2D eigenvalue weighted by molar-refractivity contribution is 9.10. The first kappa shape index (κ1) is 21.6. The number of aromatic nitrogens is 3. The van der Waals surface area contributed by atoms with E-state index in [-0.39, 0.29) is 46.1 Å². The zero-order valence-corrected chi connectivity index (χ0v) is 17.7. The Balaban J connectivity index is 1.80. The van der Waals surface area contributed by atoms with Gasteiger partial charge in [0.2, 0.25) is 0 Å². The number of ether oxygens (including phenoxy) is 1. The third-order valence-corrected chi connectivity index (χ3v) is 5.03. The highest BCUT2D eigenvalue weighted by Gasteiger charge is 2.15. The molecule has 0 saturated carbocycles. The number of aryl methyl sites for hydroxylation is 1. The molecular weight excluding hydrogens is 462 g/mol. The first-order valence-corrected chi connectivity index (χ1v) is 9.59. The number of nitrogens with one attached hydrogen (secondary N) is 1. The summed E-state index contributed by atoms with van der Waals surface area (Å²) < 4.78 is 34.0. The number of carbonyl (C=O) groups excluding carboxylic acids is 1. The summed E-state index contributed by atoms with van der Waals surface area (Å²) in [4.78, 5) is 32.5. The summed E-state index contributed by atoms with van der Waals surface area (Å²) in [6.07, 6.45) is 2.75. The number of halogens is 3. The molecule has 0 radical (unpaired) electrons. The van der Waals surface area contributed by atoms with E-state index >= 15 is 0 Å². The van der Waals surface area contributed by atoms with Gasteiger partial charge in [0.1, 0.15) is 34.2 Å². The lowest BCUT2D eigenvalue weighted by molar-refractivity contribution is 0.0957. The Hall–Kier alpha value is -3.14. The van der Waals surface area contributed by atoms with Crippen molar-refractivity contribution in [1.82, 2.24) is 19.9 Å². The smallest absolute Gasteiger partial charge is 0.271 e. The lowest BCUT2D eigenvalue weighted by Crippen LogP contribution is -2.25. The van der Waals surface area contributed by atoms with Crippen molar-refractivity contribution in [2.75, 3.05) is 7.05 Å². The van der Waals surface area contributed by atoms with Crippen molar-refractivity contribution in [3.8, 4) is 5.75 Å². The second-order valence-electron chi connectivity index (χ2n) is 6.35. The maximum absolute atomic E-state index is 13.8. The monoisotopic (exact) mass is 478 g/mol. The van der Waals surface area contributed by atoms with Crippen molar-refractivity contribution in [3.63, 3.8) is 0 Å². The van der Waals surface area contributed by atoms with Crippen molar-refractivity contribution < 1.29 is 18.3 Å². The van der Waals surface area contributed by atoms with Crippen LogP contribution in [0.5, 0.6) is 5.75 Å². The molecular formula is C20H17BrF2N4O3. The Morgan fingerprint density at radius 3 is 2.63 bits per heavy atom. The molecule has 30 heavy (non-hydrogen) atoms. The van der Waals surface area contributed by atoms with E-state index in [0.717, 1.165) is 12.1 Å². The number of amides is 1. The molecule has 156 valence electrons. The van der Waals surface area contributed by atoms with E-state index in [0.29, 0.717) is 11.4 Å². The molecule has 7 nitrogen and oxygen atoms in total. The number of benzene rings is 1. The van der Waals surface area contributed by atoms with Crippen molar-refractivity contribution in [2.24, 2.45) is 0 Å². The van der Waals surface area contributed by atoms with Crippen LogP contribution in [0.2, 0.25) is 0 Å². The van der Waals surface area contributed by atoms with Crippen molar-refractivity contribution in [2.45, 2.75) is 20.1 Å². The summed E-state index contributed by atoms with van der Waals surface area (Å²) >= 11 is 3.22. The first-order chi connectivity index (χ1) is 14.3. The third-order valence-electron chi connectivity index (χ3n) is 4.30. The molecule has 1 N–H and O–H groups in total. The lowest BCUT2D eigenvalue weighted by Gasteiger charge is -2.14. The minimum absolute atomic E-state index is 0.136. The SMILES string of the molecule is CNC(=O)c1cnc(Cn2c(C)cc(OCc3ccc(F)cc3F)c(Br)c2=O)cn1. The Morgan fingerprint density at radius 1 is 1.23 bits per heavy atom. The fourth-order valence-electron chi connectivity index (χ4n) is 2.65. The predicted octanol–water partition coefficient (Wildman–Crippen LogP) is 2.97. The van der Waals surface area contributed by atoms with Crippen LogP contribution in [-0.4, -0.2) is 27.5 Å². The van der Waals surface area contributed by atoms with Crippen LogP contribution in [0.25, 0.3) is 0 Å². The lowest BCUT2D eigenvalue weighted by atomic mass is 10.2. The van der Waals surface area contributed by atoms with E-state index in [1.54, 1.807) is 13.0 Å². The molecule has 2 heterocycles. The number of hydrogen-bond donors (Lipinski definition) is 1. The molecule has 3 rings (SSSR count). The van der Waals surface area contributed by atoms with Crippen LogP contribution in [0, 0.1) is 18.6 Å². The Labute approximate surface area is 178 Å². The molecule has 1 aromatic carbocycles. The van der Waals surface area contributed by atoms with Crippen LogP contribution in [0.4, 0.5) is 8.78 Å². The Bertz CT molecular complexity index is 1150. The van der Waals surface area contributed by atoms with Crippen LogP contribution in [0.15, 0.2) is 45.9 Å². The van der Waals surface area contributed by atoms with E-state index in [2.05, 4.69) is 31.2 Å². The van der Waals surface area contributed by atoms with Crippen LogP contribution >= 0.6 is 15.9 Å². The normalized spacial score (nSPS) is 10.7. The number of hydrogen-bond acceptors (Lipinski definition) is 5. The molecule has 0 bridgehead atoms. The molecule has 0 saturated heterocycles. The predicted molar refractivity (Wildman–Crippen MR) is 108 cm³/mol. The zero-order chi connectivity index (χ0) is 21.8. The molecule has 10 heteroatoms. The molecule has 0 unspecified atom stereocenters. The van der Waals surface area contributed by atoms with E-state index in [4.69, 9.17) is 4.74 Å². The summed E-state index contributed by atoms with van der Waals surface area (Å²) in [6.45, 7) is 1.68. The third kappa shape index (κ3) is 4.70. The van der Waals surface area contributed by atoms with Gasteiger partial charge in [-0.3, -0.25) is 14.6 Å². The highest BCUT2D eigenvalue weighted by atomic mass is 79.9. The zero-order valence-electron chi connectivity index (χ0n) is 16.1. The van der Waals surface area contributed by atoms with Gasteiger partial charge in [-0.25, -0.2) is 13.8 Å². The van der Waals surface area contributed by atoms with Gasteiger partial charge in [0.05, 0.1) is 24.6 Å². The van der Waals surface area contributed by atoms with Gasteiger partial charge in [0.25, 0.3) is 11.5 Å². The fourth-order valence-corrected chi connectivity index (χ4v) is 3.10. The Kier molecular flexibility index (Phi) is 6.56. The molecule has 0 aliphatic heterocycles. The van der Waals surface area contributed by atoms with Crippen molar-refractivity contribution in [3.05, 3.63) is 85.8 Å². The van der Waals surface area contributed by atoms with Gasteiger partial charge in [0.15, 0.2) is 0 Å². The van der Waals surface area contributed by atoms with Gasteiger partial charge in [0, 0.05) is 30.4 Å². The quantitative estimate of drug-likeness (QED) is 0.588. The minimum atomic E-state index is -0.727.